The molecule has 1 amide bonds. The van der Waals surface area contributed by atoms with Crippen molar-refractivity contribution in [2.75, 3.05) is 0 Å². The van der Waals surface area contributed by atoms with Gasteiger partial charge in [0.1, 0.15) is 5.52 Å². The zero-order valence-corrected chi connectivity index (χ0v) is 15.6. The van der Waals surface area contributed by atoms with Gasteiger partial charge in [-0.15, -0.1) is 0 Å². The summed E-state index contributed by atoms with van der Waals surface area (Å²) in [6.45, 7) is 1.95. The molecule has 0 aliphatic carbocycles. The molecule has 0 saturated carbocycles. The SMILES string of the molecule is Cc1cc(C(=O)NCc2ccc(-c3nc4ccccc4o3)cc2)ccc1[N+](=O)[O-]. The number of nitro groups is 1. The van der Waals surface area contributed by atoms with Crippen LogP contribution in [0.2, 0.25) is 0 Å². The van der Waals surface area contributed by atoms with Gasteiger partial charge in [-0.1, -0.05) is 24.3 Å². The summed E-state index contributed by atoms with van der Waals surface area (Å²) in [4.78, 5) is 27.2. The van der Waals surface area contributed by atoms with Crippen LogP contribution < -0.4 is 5.32 Å². The molecule has 1 N–H and O–H groups in total. The van der Waals surface area contributed by atoms with Gasteiger partial charge in [-0.2, -0.15) is 0 Å². The van der Waals surface area contributed by atoms with Crippen LogP contribution in [-0.2, 0) is 6.54 Å². The third kappa shape index (κ3) is 3.84. The lowest BCUT2D eigenvalue weighted by molar-refractivity contribution is -0.385. The molecule has 0 atom stereocenters. The number of nitrogens with zero attached hydrogens (tertiary/aromatic N) is 2. The topological polar surface area (TPSA) is 98.3 Å². The second-order valence-corrected chi connectivity index (χ2v) is 6.62. The first-order valence-corrected chi connectivity index (χ1v) is 8.99. The summed E-state index contributed by atoms with van der Waals surface area (Å²) >= 11 is 0. The van der Waals surface area contributed by atoms with E-state index in [2.05, 4.69) is 10.3 Å². The van der Waals surface area contributed by atoms with Crippen molar-refractivity contribution in [3.63, 3.8) is 0 Å². The predicted octanol–water partition coefficient (Wildman–Crippen LogP) is 4.64. The summed E-state index contributed by atoms with van der Waals surface area (Å²) in [7, 11) is 0. The number of benzene rings is 3. The third-order valence-electron chi connectivity index (χ3n) is 4.60. The number of oxazole rings is 1. The van der Waals surface area contributed by atoms with E-state index in [0.29, 0.717) is 23.6 Å². The monoisotopic (exact) mass is 387 g/mol. The Kier molecular flexibility index (Phi) is 4.78. The quantitative estimate of drug-likeness (QED) is 0.397. The first-order valence-electron chi connectivity index (χ1n) is 8.99. The molecule has 0 unspecified atom stereocenters. The van der Waals surface area contributed by atoms with Crippen LogP contribution in [0, 0.1) is 17.0 Å². The van der Waals surface area contributed by atoms with Gasteiger partial charge in [0.15, 0.2) is 5.58 Å². The Labute approximate surface area is 166 Å². The smallest absolute Gasteiger partial charge is 0.272 e. The van der Waals surface area contributed by atoms with Crippen molar-refractivity contribution in [1.82, 2.24) is 10.3 Å². The lowest BCUT2D eigenvalue weighted by Crippen LogP contribution is -2.22. The average Bonchev–Trinajstić information content (AvgIpc) is 3.16. The number of hydrogen-bond acceptors (Lipinski definition) is 5. The summed E-state index contributed by atoms with van der Waals surface area (Å²) in [5.41, 5.74) is 4.13. The second-order valence-electron chi connectivity index (χ2n) is 6.62. The molecule has 4 rings (SSSR count). The van der Waals surface area contributed by atoms with Crippen molar-refractivity contribution in [2.24, 2.45) is 0 Å². The first-order chi connectivity index (χ1) is 14.0. The number of fused-ring (bicyclic) bond motifs is 1. The molecule has 4 aromatic rings. The van der Waals surface area contributed by atoms with Gasteiger partial charge in [0.2, 0.25) is 5.89 Å². The van der Waals surface area contributed by atoms with Gasteiger partial charge in [0, 0.05) is 29.3 Å². The van der Waals surface area contributed by atoms with E-state index in [1.807, 2.05) is 48.5 Å². The van der Waals surface area contributed by atoms with E-state index < -0.39 is 4.92 Å². The number of carbonyl (C=O) groups excluding carboxylic acids is 1. The zero-order valence-electron chi connectivity index (χ0n) is 15.6. The number of aryl methyl sites for hydroxylation is 1. The Hall–Kier alpha value is -4.00. The van der Waals surface area contributed by atoms with E-state index in [0.717, 1.165) is 22.2 Å². The van der Waals surface area contributed by atoms with Crippen LogP contribution in [0.3, 0.4) is 0 Å². The highest BCUT2D eigenvalue weighted by atomic mass is 16.6. The minimum atomic E-state index is -0.463. The van der Waals surface area contributed by atoms with Gasteiger partial charge in [0.05, 0.1) is 4.92 Å². The minimum absolute atomic E-state index is 0.00339. The molecule has 7 nitrogen and oxygen atoms in total. The maximum Gasteiger partial charge on any atom is 0.272 e. The van der Waals surface area contributed by atoms with E-state index in [-0.39, 0.29) is 11.6 Å². The van der Waals surface area contributed by atoms with E-state index in [9.17, 15) is 14.9 Å². The largest absolute Gasteiger partial charge is 0.436 e. The molecule has 0 aliphatic heterocycles. The van der Waals surface area contributed by atoms with Crippen LogP contribution in [-0.4, -0.2) is 15.8 Å². The van der Waals surface area contributed by atoms with E-state index in [4.69, 9.17) is 4.42 Å². The first kappa shape index (κ1) is 18.4. The van der Waals surface area contributed by atoms with Gasteiger partial charge in [-0.05, 0) is 48.9 Å². The lowest BCUT2D eigenvalue weighted by Gasteiger charge is -2.07. The average molecular weight is 387 g/mol. The van der Waals surface area contributed by atoms with E-state index in [1.54, 1.807) is 6.92 Å². The van der Waals surface area contributed by atoms with Crippen LogP contribution in [0.25, 0.3) is 22.6 Å². The number of carbonyl (C=O) groups is 1. The number of amides is 1. The van der Waals surface area contributed by atoms with Crippen LogP contribution in [0.4, 0.5) is 5.69 Å². The van der Waals surface area contributed by atoms with Crippen LogP contribution in [0.15, 0.2) is 71.1 Å². The maximum atomic E-state index is 12.3. The number of nitro benzene ring substituents is 1. The summed E-state index contributed by atoms with van der Waals surface area (Å²) in [5.74, 6) is 0.258. The number of para-hydroxylation sites is 2. The molecule has 144 valence electrons. The number of rotatable bonds is 5. The number of aromatic nitrogens is 1. The van der Waals surface area contributed by atoms with Crippen molar-refractivity contribution < 1.29 is 14.1 Å². The molecule has 3 aromatic carbocycles. The lowest BCUT2D eigenvalue weighted by atomic mass is 10.1. The third-order valence-corrected chi connectivity index (χ3v) is 4.60. The summed E-state index contributed by atoms with van der Waals surface area (Å²) in [5, 5.41) is 13.7. The van der Waals surface area contributed by atoms with Crippen molar-refractivity contribution in [3.8, 4) is 11.5 Å². The summed E-state index contributed by atoms with van der Waals surface area (Å²) < 4.78 is 5.76. The second kappa shape index (κ2) is 7.55. The number of nitrogens with one attached hydrogen (secondary N) is 1. The molecular formula is C22H17N3O4. The van der Waals surface area contributed by atoms with Crippen LogP contribution in [0.5, 0.6) is 0 Å². The van der Waals surface area contributed by atoms with Crippen molar-refractivity contribution in [3.05, 3.63) is 93.5 Å². The molecule has 0 fully saturated rings. The minimum Gasteiger partial charge on any atom is -0.436 e. The van der Waals surface area contributed by atoms with Crippen LogP contribution in [0.1, 0.15) is 21.5 Å². The van der Waals surface area contributed by atoms with Crippen molar-refractivity contribution in [1.29, 1.82) is 0 Å². The summed E-state index contributed by atoms with van der Waals surface area (Å²) in [6, 6.07) is 19.5. The fourth-order valence-electron chi connectivity index (χ4n) is 3.05. The van der Waals surface area contributed by atoms with Gasteiger partial charge in [0.25, 0.3) is 11.6 Å². The molecule has 7 heteroatoms. The van der Waals surface area contributed by atoms with E-state index >= 15 is 0 Å². The van der Waals surface area contributed by atoms with E-state index in [1.165, 1.54) is 18.2 Å². The Morgan fingerprint density at radius 2 is 1.86 bits per heavy atom. The zero-order chi connectivity index (χ0) is 20.4. The molecule has 1 aromatic heterocycles. The highest BCUT2D eigenvalue weighted by molar-refractivity contribution is 5.94. The van der Waals surface area contributed by atoms with Gasteiger partial charge in [-0.25, -0.2) is 4.98 Å². The molecular weight excluding hydrogens is 370 g/mol. The Balaban J connectivity index is 1.43. The molecule has 0 aliphatic rings. The molecule has 1 heterocycles. The fourth-order valence-corrected chi connectivity index (χ4v) is 3.05. The maximum absolute atomic E-state index is 12.3. The Morgan fingerprint density at radius 3 is 2.55 bits per heavy atom. The van der Waals surface area contributed by atoms with Gasteiger partial charge in [-0.3, -0.25) is 14.9 Å². The predicted molar refractivity (Wildman–Crippen MR) is 108 cm³/mol. The Morgan fingerprint density at radius 1 is 1.10 bits per heavy atom. The standard InChI is InChI=1S/C22H17N3O4/c1-14-12-17(10-11-19(14)25(27)28)21(26)23-13-15-6-8-16(9-7-15)22-24-18-4-2-3-5-20(18)29-22/h2-12H,13H2,1H3,(H,23,26). The van der Waals surface area contributed by atoms with Gasteiger partial charge >= 0.3 is 0 Å². The van der Waals surface area contributed by atoms with Crippen molar-refractivity contribution in [2.45, 2.75) is 13.5 Å². The molecule has 0 bridgehead atoms. The highest BCUT2D eigenvalue weighted by Gasteiger charge is 2.14. The molecule has 0 saturated heterocycles. The van der Waals surface area contributed by atoms with Gasteiger partial charge < -0.3 is 9.73 Å². The molecule has 0 spiro atoms. The fraction of sp³-hybridized carbons (Fsp3) is 0.0909. The van der Waals surface area contributed by atoms with Crippen LogP contribution >= 0.6 is 0 Å². The Bertz CT molecular complexity index is 1180. The number of hydrogen-bond donors (Lipinski definition) is 1. The molecule has 29 heavy (non-hydrogen) atoms. The summed E-state index contributed by atoms with van der Waals surface area (Å²) in [6.07, 6.45) is 0. The molecule has 0 radical (unpaired) electrons. The van der Waals surface area contributed by atoms with Crippen molar-refractivity contribution >= 4 is 22.7 Å². The normalized spacial score (nSPS) is 10.8. The highest BCUT2D eigenvalue weighted by Crippen LogP contribution is 2.24.